The lowest BCUT2D eigenvalue weighted by atomic mass is 9.68. The number of carboxylic acid groups (broad SMARTS) is 1. The molecule has 1 aromatic carbocycles. The van der Waals surface area contributed by atoms with Gasteiger partial charge in [-0.3, -0.25) is 9.69 Å². The highest BCUT2D eigenvalue weighted by Gasteiger charge is 2.52. The zero-order valence-electron chi connectivity index (χ0n) is 16.1. The topological polar surface area (TPSA) is 56.9 Å². The van der Waals surface area contributed by atoms with E-state index in [-0.39, 0.29) is 6.04 Å². The second kappa shape index (κ2) is 7.13. The molecule has 2 aliphatic rings. The van der Waals surface area contributed by atoms with Crippen LogP contribution in [0, 0.1) is 12.3 Å². The van der Waals surface area contributed by atoms with E-state index in [0.717, 1.165) is 56.1 Å². The minimum atomic E-state index is -0.627. The standard InChI is InChI=1S/C22H28N2O3/c1-16-4-6-17(7-5-16)19-9-8-18(27-19)14-24-13-11-22(21(25)26)10-3-12-23(2)20(22)15-24/h4-9,20H,3,10-15H2,1-2H3,(H,25,26)/t20-,22+/m1/s1. The molecule has 2 aromatic rings. The molecule has 4 rings (SSSR count). The highest BCUT2D eigenvalue weighted by atomic mass is 16.4. The quantitative estimate of drug-likeness (QED) is 0.893. The molecule has 5 nitrogen and oxygen atoms in total. The van der Waals surface area contributed by atoms with Gasteiger partial charge in [0.15, 0.2) is 0 Å². The van der Waals surface area contributed by atoms with E-state index in [1.165, 1.54) is 5.56 Å². The molecule has 27 heavy (non-hydrogen) atoms. The van der Waals surface area contributed by atoms with Crippen molar-refractivity contribution in [2.75, 3.05) is 26.7 Å². The fourth-order valence-corrected chi connectivity index (χ4v) is 4.74. The predicted octanol–water partition coefficient (Wildman–Crippen LogP) is 3.63. The monoisotopic (exact) mass is 368 g/mol. The Hall–Kier alpha value is -2.11. The highest BCUT2D eigenvalue weighted by Crippen LogP contribution is 2.42. The third-order valence-electron chi connectivity index (χ3n) is 6.41. The summed E-state index contributed by atoms with van der Waals surface area (Å²) < 4.78 is 6.08. The number of piperidine rings is 2. The molecule has 0 amide bonds. The molecule has 0 bridgehead atoms. The fourth-order valence-electron chi connectivity index (χ4n) is 4.74. The summed E-state index contributed by atoms with van der Waals surface area (Å²) in [6, 6.07) is 12.5. The number of furan rings is 1. The first-order chi connectivity index (χ1) is 13.0. The summed E-state index contributed by atoms with van der Waals surface area (Å²) in [6.45, 7) is 5.37. The van der Waals surface area contributed by atoms with Gasteiger partial charge in [0.1, 0.15) is 11.5 Å². The van der Waals surface area contributed by atoms with E-state index in [1.54, 1.807) is 0 Å². The molecular weight excluding hydrogens is 340 g/mol. The van der Waals surface area contributed by atoms with Crippen LogP contribution in [0.1, 0.15) is 30.6 Å². The number of carbonyl (C=O) groups is 1. The van der Waals surface area contributed by atoms with Gasteiger partial charge in [0.2, 0.25) is 0 Å². The number of fused-ring (bicyclic) bond motifs is 1. The smallest absolute Gasteiger partial charge is 0.311 e. The number of likely N-dealkylation sites (tertiary alicyclic amines) is 2. The molecule has 1 aromatic heterocycles. The van der Waals surface area contributed by atoms with E-state index in [2.05, 4.69) is 48.0 Å². The van der Waals surface area contributed by atoms with Gasteiger partial charge in [0, 0.05) is 18.2 Å². The molecule has 0 radical (unpaired) electrons. The molecule has 0 spiro atoms. The van der Waals surface area contributed by atoms with Crippen molar-refractivity contribution in [3.8, 4) is 11.3 Å². The molecule has 2 aliphatic heterocycles. The summed E-state index contributed by atoms with van der Waals surface area (Å²) in [5.74, 6) is 1.20. The summed E-state index contributed by atoms with van der Waals surface area (Å²) >= 11 is 0. The number of aryl methyl sites for hydroxylation is 1. The maximum atomic E-state index is 12.0. The largest absolute Gasteiger partial charge is 0.481 e. The van der Waals surface area contributed by atoms with Crippen LogP contribution in [0.3, 0.4) is 0 Å². The lowest BCUT2D eigenvalue weighted by Crippen LogP contribution is -2.62. The van der Waals surface area contributed by atoms with Crippen LogP contribution in [0.25, 0.3) is 11.3 Å². The van der Waals surface area contributed by atoms with Gasteiger partial charge in [-0.2, -0.15) is 0 Å². The molecular formula is C22H28N2O3. The van der Waals surface area contributed by atoms with E-state index in [0.29, 0.717) is 6.42 Å². The van der Waals surface area contributed by atoms with Gasteiger partial charge in [-0.05, 0) is 58.5 Å². The highest BCUT2D eigenvalue weighted by molar-refractivity contribution is 5.76. The van der Waals surface area contributed by atoms with E-state index >= 15 is 0 Å². The predicted molar refractivity (Wildman–Crippen MR) is 104 cm³/mol. The Bertz CT molecular complexity index is 813. The van der Waals surface area contributed by atoms with E-state index in [9.17, 15) is 9.90 Å². The lowest BCUT2D eigenvalue weighted by molar-refractivity contribution is -0.162. The van der Waals surface area contributed by atoms with Crippen molar-refractivity contribution < 1.29 is 14.3 Å². The average Bonchev–Trinajstić information content (AvgIpc) is 3.11. The van der Waals surface area contributed by atoms with Crippen LogP contribution in [0.5, 0.6) is 0 Å². The van der Waals surface area contributed by atoms with Gasteiger partial charge in [0.25, 0.3) is 0 Å². The Morgan fingerprint density at radius 2 is 1.96 bits per heavy atom. The third kappa shape index (κ3) is 3.42. The van der Waals surface area contributed by atoms with Gasteiger partial charge in [0.05, 0.1) is 12.0 Å². The van der Waals surface area contributed by atoms with Gasteiger partial charge in [-0.1, -0.05) is 29.8 Å². The Morgan fingerprint density at radius 3 is 2.70 bits per heavy atom. The van der Waals surface area contributed by atoms with Crippen molar-refractivity contribution in [3.05, 3.63) is 47.7 Å². The first-order valence-corrected chi connectivity index (χ1v) is 9.80. The number of carboxylic acids is 1. The van der Waals surface area contributed by atoms with Crippen LogP contribution in [-0.2, 0) is 11.3 Å². The van der Waals surface area contributed by atoms with Crippen LogP contribution in [0.2, 0.25) is 0 Å². The Balaban J connectivity index is 1.47. The van der Waals surface area contributed by atoms with Crippen molar-refractivity contribution in [2.24, 2.45) is 5.41 Å². The van der Waals surface area contributed by atoms with Crippen molar-refractivity contribution in [1.29, 1.82) is 0 Å². The molecule has 2 saturated heterocycles. The van der Waals surface area contributed by atoms with E-state index < -0.39 is 11.4 Å². The minimum Gasteiger partial charge on any atom is -0.481 e. The molecule has 2 atom stereocenters. The number of rotatable bonds is 4. The zero-order valence-corrected chi connectivity index (χ0v) is 16.1. The molecule has 0 unspecified atom stereocenters. The second-order valence-electron chi connectivity index (χ2n) is 8.18. The number of hydrogen-bond acceptors (Lipinski definition) is 4. The third-order valence-corrected chi connectivity index (χ3v) is 6.41. The maximum Gasteiger partial charge on any atom is 0.311 e. The Labute approximate surface area is 160 Å². The normalized spacial score (nSPS) is 26.7. The summed E-state index contributed by atoms with van der Waals surface area (Å²) in [4.78, 5) is 16.6. The van der Waals surface area contributed by atoms with Crippen LogP contribution >= 0.6 is 0 Å². The molecule has 0 saturated carbocycles. The van der Waals surface area contributed by atoms with Gasteiger partial charge in [-0.25, -0.2) is 0 Å². The molecule has 3 heterocycles. The van der Waals surface area contributed by atoms with Crippen LogP contribution in [0.4, 0.5) is 0 Å². The van der Waals surface area contributed by atoms with E-state index in [4.69, 9.17) is 4.42 Å². The summed E-state index contributed by atoms with van der Waals surface area (Å²) in [6.07, 6.45) is 2.48. The SMILES string of the molecule is Cc1ccc(-c2ccc(CN3CC[C@@]4(C(=O)O)CCCN(C)[C@@H]4C3)o2)cc1. The number of likely N-dealkylation sites (N-methyl/N-ethyl adjacent to an activating group) is 1. The van der Waals surface area contributed by atoms with Crippen LogP contribution in [0.15, 0.2) is 40.8 Å². The number of aliphatic carboxylic acids is 1. The van der Waals surface area contributed by atoms with Crippen molar-refractivity contribution in [2.45, 2.75) is 38.8 Å². The Morgan fingerprint density at radius 1 is 1.19 bits per heavy atom. The molecule has 0 aliphatic carbocycles. The molecule has 2 fully saturated rings. The van der Waals surface area contributed by atoms with Crippen molar-refractivity contribution in [1.82, 2.24) is 9.80 Å². The van der Waals surface area contributed by atoms with Crippen molar-refractivity contribution >= 4 is 5.97 Å². The first-order valence-electron chi connectivity index (χ1n) is 9.80. The number of nitrogens with zero attached hydrogens (tertiary/aromatic N) is 2. The van der Waals surface area contributed by atoms with Gasteiger partial charge < -0.3 is 14.4 Å². The molecule has 1 N–H and O–H groups in total. The lowest BCUT2D eigenvalue weighted by Gasteiger charge is -2.51. The summed E-state index contributed by atoms with van der Waals surface area (Å²) in [7, 11) is 2.06. The molecule has 144 valence electrons. The first kappa shape index (κ1) is 18.3. The number of benzene rings is 1. The average molecular weight is 368 g/mol. The fraction of sp³-hybridized carbons (Fsp3) is 0.500. The summed E-state index contributed by atoms with van der Waals surface area (Å²) in [5, 5.41) is 9.90. The minimum absolute atomic E-state index is 0.0732. The molecule has 5 heteroatoms. The van der Waals surface area contributed by atoms with E-state index in [1.807, 2.05) is 12.1 Å². The second-order valence-corrected chi connectivity index (χ2v) is 8.18. The Kier molecular flexibility index (Phi) is 4.82. The van der Waals surface area contributed by atoms with Crippen molar-refractivity contribution in [3.63, 3.8) is 0 Å². The zero-order chi connectivity index (χ0) is 19.0. The van der Waals surface area contributed by atoms with Gasteiger partial charge >= 0.3 is 5.97 Å². The van der Waals surface area contributed by atoms with Gasteiger partial charge in [-0.15, -0.1) is 0 Å². The van der Waals surface area contributed by atoms with Crippen LogP contribution < -0.4 is 0 Å². The number of hydrogen-bond donors (Lipinski definition) is 1. The van der Waals surface area contributed by atoms with Crippen LogP contribution in [-0.4, -0.2) is 53.6 Å². The maximum absolute atomic E-state index is 12.0. The summed E-state index contributed by atoms with van der Waals surface area (Å²) in [5.41, 5.74) is 1.74.